The lowest BCUT2D eigenvalue weighted by molar-refractivity contribution is -0.129. The van der Waals surface area contributed by atoms with Crippen molar-refractivity contribution >= 4 is 5.91 Å². The first-order chi connectivity index (χ1) is 8.95. The minimum Gasteiger partial charge on any atom is -0.497 e. The standard InChI is InChI=1S/C14H22N2O3/c1-10(15)12-6-5-11(18-4)9-13(12)19-8-7-14(17)16(2)3/h5-6,9-10H,7-8,15H2,1-4H3. The maximum Gasteiger partial charge on any atom is 0.225 e. The van der Waals surface area contributed by atoms with Gasteiger partial charge in [0, 0.05) is 31.8 Å². The van der Waals surface area contributed by atoms with Gasteiger partial charge in [0.1, 0.15) is 11.5 Å². The van der Waals surface area contributed by atoms with Gasteiger partial charge in [-0.3, -0.25) is 4.79 Å². The number of nitrogens with two attached hydrogens (primary N) is 1. The van der Waals surface area contributed by atoms with Gasteiger partial charge in [-0.15, -0.1) is 0 Å². The molecule has 0 spiro atoms. The first-order valence-corrected chi connectivity index (χ1v) is 6.22. The molecule has 1 amide bonds. The maximum atomic E-state index is 11.5. The summed E-state index contributed by atoms with van der Waals surface area (Å²) >= 11 is 0. The molecule has 1 unspecified atom stereocenters. The van der Waals surface area contributed by atoms with Crippen LogP contribution in [0, 0.1) is 0 Å². The first kappa shape index (κ1) is 15.3. The van der Waals surface area contributed by atoms with E-state index < -0.39 is 0 Å². The van der Waals surface area contributed by atoms with Crippen LogP contribution in [0.2, 0.25) is 0 Å². The fraction of sp³-hybridized carbons (Fsp3) is 0.500. The number of carbonyl (C=O) groups excluding carboxylic acids is 1. The summed E-state index contributed by atoms with van der Waals surface area (Å²) in [6.07, 6.45) is 0.336. The van der Waals surface area contributed by atoms with Crippen molar-refractivity contribution in [2.75, 3.05) is 27.8 Å². The molecule has 106 valence electrons. The van der Waals surface area contributed by atoms with Crippen LogP contribution in [0.5, 0.6) is 11.5 Å². The SMILES string of the molecule is COc1ccc(C(C)N)c(OCCC(=O)N(C)C)c1. The van der Waals surface area contributed by atoms with Crippen molar-refractivity contribution in [2.24, 2.45) is 5.73 Å². The Balaban J connectivity index is 2.72. The Hall–Kier alpha value is -1.75. The number of hydrogen-bond donors (Lipinski definition) is 1. The van der Waals surface area contributed by atoms with Gasteiger partial charge in [0.05, 0.1) is 20.1 Å². The lowest BCUT2D eigenvalue weighted by Crippen LogP contribution is -2.23. The molecule has 19 heavy (non-hydrogen) atoms. The summed E-state index contributed by atoms with van der Waals surface area (Å²) in [6.45, 7) is 2.21. The molecule has 1 aromatic carbocycles. The summed E-state index contributed by atoms with van der Waals surface area (Å²) in [5.41, 5.74) is 6.79. The predicted octanol–water partition coefficient (Wildman–Crippen LogP) is 1.57. The molecule has 5 nitrogen and oxygen atoms in total. The van der Waals surface area contributed by atoms with Crippen molar-refractivity contribution in [3.8, 4) is 11.5 Å². The summed E-state index contributed by atoms with van der Waals surface area (Å²) < 4.78 is 10.8. The van der Waals surface area contributed by atoms with Gasteiger partial charge < -0.3 is 20.1 Å². The number of amides is 1. The van der Waals surface area contributed by atoms with Gasteiger partial charge in [-0.25, -0.2) is 0 Å². The Bertz CT molecular complexity index is 431. The highest BCUT2D eigenvalue weighted by Gasteiger charge is 2.11. The topological polar surface area (TPSA) is 64.8 Å². The zero-order valence-electron chi connectivity index (χ0n) is 12.0. The molecule has 0 heterocycles. The Kier molecular flexibility index (Phi) is 5.63. The molecule has 0 saturated heterocycles. The molecule has 1 rings (SSSR count). The summed E-state index contributed by atoms with van der Waals surface area (Å²) in [5.74, 6) is 1.41. The molecule has 5 heteroatoms. The van der Waals surface area contributed by atoms with Gasteiger partial charge in [0.2, 0.25) is 5.91 Å². The Morgan fingerprint density at radius 1 is 1.42 bits per heavy atom. The summed E-state index contributed by atoms with van der Waals surface area (Å²) in [4.78, 5) is 13.0. The summed E-state index contributed by atoms with van der Waals surface area (Å²) in [5, 5.41) is 0. The Morgan fingerprint density at radius 3 is 2.63 bits per heavy atom. The van der Waals surface area contributed by atoms with Crippen molar-refractivity contribution in [3.05, 3.63) is 23.8 Å². The van der Waals surface area contributed by atoms with E-state index in [2.05, 4.69) is 0 Å². The van der Waals surface area contributed by atoms with E-state index in [0.717, 1.165) is 5.56 Å². The molecule has 0 bridgehead atoms. The monoisotopic (exact) mass is 266 g/mol. The molecule has 1 aromatic rings. The molecular formula is C14H22N2O3. The van der Waals surface area contributed by atoms with Crippen molar-refractivity contribution in [1.82, 2.24) is 4.90 Å². The Labute approximate surface area is 114 Å². The smallest absolute Gasteiger partial charge is 0.225 e. The predicted molar refractivity (Wildman–Crippen MR) is 74.4 cm³/mol. The van der Waals surface area contributed by atoms with Crippen LogP contribution in [0.4, 0.5) is 0 Å². The molecule has 0 aliphatic carbocycles. The van der Waals surface area contributed by atoms with E-state index in [4.69, 9.17) is 15.2 Å². The summed E-state index contributed by atoms with van der Waals surface area (Å²) in [6, 6.07) is 5.38. The molecule has 2 N–H and O–H groups in total. The molecule has 1 atom stereocenters. The highest BCUT2D eigenvalue weighted by atomic mass is 16.5. The molecular weight excluding hydrogens is 244 g/mol. The van der Waals surface area contributed by atoms with Gasteiger partial charge in [0.25, 0.3) is 0 Å². The highest BCUT2D eigenvalue weighted by molar-refractivity contribution is 5.75. The fourth-order valence-corrected chi connectivity index (χ4v) is 1.61. The van der Waals surface area contributed by atoms with Crippen molar-refractivity contribution in [1.29, 1.82) is 0 Å². The van der Waals surface area contributed by atoms with E-state index in [1.807, 2.05) is 19.1 Å². The van der Waals surface area contributed by atoms with Gasteiger partial charge in [-0.1, -0.05) is 6.07 Å². The molecule has 0 fully saturated rings. The second kappa shape index (κ2) is 6.99. The number of methoxy groups -OCH3 is 1. The molecule has 0 radical (unpaired) electrons. The highest BCUT2D eigenvalue weighted by Crippen LogP contribution is 2.28. The number of nitrogens with zero attached hydrogens (tertiary/aromatic N) is 1. The van der Waals surface area contributed by atoms with Crippen LogP contribution in [0.15, 0.2) is 18.2 Å². The average molecular weight is 266 g/mol. The van der Waals surface area contributed by atoms with Crippen molar-refractivity contribution < 1.29 is 14.3 Å². The second-order valence-electron chi connectivity index (χ2n) is 4.58. The van der Waals surface area contributed by atoms with Gasteiger partial charge in [-0.2, -0.15) is 0 Å². The molecule has 0 aliphatic heterocycles. The van der Waals surface area contributed by atoms with Crippen molar-refractivity contribution in [3.63, 3.8) is 0 Å². The average Bonchev–Trinajstić information content (AvgIpc) is 2.37. The zero-order chi connectivity index (χ0) is 14.4. The van der Waals surface area contributed by atoms with Gasteiger partial charge in [0.15, 0.2) is 0 Å². The van der Waals surface area contributed by atoms with E-state index in [9.17, 15) is 4.79 Å². The normalized spacial score (nSPS) is 11.8. The van der Waals surface area contributed by atoms with E-state index >= 15 is 0 Å². The third-order valence-electron chi connectivity index (χ3n) is 2.78. The second-order valence-corrected chi connectivity index (χ2v) is 4.58. The van der Waals surface area contributed by atoms with Gasteiger partial charge >= 0.3 is 0 Å². The van der Waals surface area contributed by atoms with Crippen LogP contribution >= 0.6 is 0 Å². The van der Waals surface area contributed by atoms with Crippen LogP contribution in [-0.4, -0.2) is 38.6 Å². The number of carbonyl (C=O) groups is 1. The lowest BCUT2D eigenvalue weighted by Gasteiger charge is -2.16. The lowest BCUT2D eigenvalue weighted by atomic mass is 10.1. The van der Waals surface area contributed by atoms with Crippen LogP contribution in [0.1, 0.15) is 24.9 Å². The van der Waals surface area contributed by atoms with E-state index in [-0.39, 0.29) is 11.9 Å². The van der Waals surface area contributed by atoms with Gasteiger partial charge in [-0.05, 0) is 13.0 Å². The molecule has 0 aromatic heterocycles. The van der Waals surface area contributed by atoms with Crippen molar-refractivity contribution in [2.45, 2.75) is 19.4 Å². The van der Waals surface area contributed by atoms with E-state index in [1.165, 1.54) is 0 Å². The van der Waals surface area contributed by atoms with E-state index in [0.29, 0.717) is 24.5 Å². The Morgan fingerprint density at radius 2 is 2.11 bits per heavy atom. The van der Waals surface area contributed by atoms with Crippen LogP contribution < -0.4 is 15.2 Å². The molecule has 0 saturated carbocycles. The first-order valence-electron chi connectivity index (χ1n) is 6.22. The largest absolute Gasteiger partial charge is 0.497 e. The summed E-state index contributed by atoms with van der Waals surface area (Å²) in [7, 11) is 5.04. The number of ether oxygens (including phenoxy) is 2. The third-order valence-corrected chi connectivity index (χ3v) is 2.78. The quantitative estimate of drug-likeness (QED) is 0.849. The zero-order valence-corrected chi connectivity index (χ0v) is 12.0. The van der Waals surface area contributed by atoms with Crippen LogP contribution in [0.3, 0.4) is 0 Å². The third kappa shape index (κ3) is 4.44. The van der Waals surface area contributed by atoms with Crippen LogP contribution in [-0.2, 0) is 4.79 Å². The fourth-order valence-electron chi connectivity index (χ4n) is 1.61. The molecule has 0 aliphatic rings. The number of hydrogen-bond acceptors (Lipinski definition) is 4. The number of benzene rings is 1. The van der Waals surface area contributed by atoms with Crippen LogP contribution in [0.25, 0.3) is 0 Å². The minimum atomic E-state index is -0.134. The number of rotatable bonds is 6. The minimum absolute atomic E-state index is 0.0326. The maximum absolute atomic E-state index is 11.5. The van der Waals surface area contributed by atoms with E-state index in [1.54, 1.807) is 32.2 Å².